The number of hydrogen-bond donors (Lipinski definition) is 0. The van der Waals surface area contributed by atoms with E-state index < -0.39 is 0 Å². The second kappa shape index (κ2) is 4.54. The minimum Gasteiger partial charge on any atom is -0.264 e. The number of imidazole rings is 1. The number of hydrogen-bond acceptors (Lipinski definition) is 2. The Hall–Kier alpha value is -3.47. The summed E-state index contributed by atoms with van der Waals surface area (Å²) in [7, 11) is 0. The average molecular weight is 324 g/mol. The molecule has 0 fully saturated rings. The van der Waals surface area contributed by atoms with Crippen LogP contribution in [0.15, 0.2) is 73.2 Å². The van der Waals surface area contributed by atoms with Crippen LogP contribution >= 0.6 is 0 Å². The Bertz CT molecular complexity index is 1260. The molecule has 5 aromatic rings. The largest absolute Gasteiger partial charge is 0.293 e. The lowest BCUT2D eigenvalue weighted by molar-refractivity contribution is -0.648. The molecule has 0 aliphatic carbocycles. The van der Waals surface area contributed by atoms with Crippen molar-refractivity contribution in [2.75, 3.05) is 0 Å². The summed E-state index contributed by atoms with van der Waals surface area (Å²) in [6.07, 6.45) is 5.67. The van der Waals surface area contributed by atoms with Crippen LogP contribution in [-0.2, 0) is 6.54 Å². The van der Waals surface area contributed by atoms with Gasteiger partial charge < -0.3 is 0 Å². The molecule has 5 nitrogen and oxygen atoms in total. The summed E-state index contributed by atoms with van der Waals surface area (Å²) < 4.78 is 6.70. The van der Waals surface area contributed by atoms with Crippen LogP contribution in [0.3, 0.4) is 0 Å². The number of pyridine rings is 1. The molecule has 5 heterocycles. The Morgan fingerprint density at radius 3 is 2.80 bits per heavy atom. The predicted octanol–water partition coefficient (Wildman–Crippen LogP) is 2.99. The minimum absolute atomic E-state index is 0.817. The van der Waals surface area contributed by atoms with Gasteiger partial charge in [-0.15, -0.1) is 9.61 Å². The molecule has 4 aromatic heterocycles. The fraction of sp³-hybridized carbons (Fsp3) is 0.0500. The Kier molecular flexibility index (Phi) is 2.34. The number of aromatic nitrogens is 5. The van der Waals surface area contributed by atoms with Crippen molar-refractivity contribution in [2.24, 2.45) is 0 Å². The number of para-hydroxylation sites is 1. The number of nitrogens with zero attached hydrogens (tertiary/aromatic N) is 5. The van der Waals surface area contributed by atoms with Crippen molar-refractivity contribution in [1.82, 2.24) is 19.2 Å². The normalized spacial score (nSPS) is 12.6. The smallest absolute Gasteiger partial charge is 0.264 e. The molecule has 0 unspecified atom stereocenters. The van der Waals surface area contributed by atoms with Gasteiger partial charge in [0.2, 0.25) is 5.82 Å². The van der Waals surface area contributed by atoms with Gasteiger partial charge in [0, 0.05) is 24.0 Å². The molecule has 5 heteroatoms. The van der Waals surface area contributed by atoms with Gasteiger partial charge in [0.25, 0.3) is 5.65 Å². The van der Waals surface area contributed by atoms with Gasteiger partial charge >= 0.3 is 0 Å². The zero-order valence-electron chi connectivity index (χ0n) is 13.4. The van der Waals surface area contributed by atoms with E-state index in [-0.39, 0.29) is 0 Å². The highest BCUT2D eigenvalue weighted by Gasteiger charge is 2.35. The lowest BCUT2D eigenvalue weighted by atomic mass is 10.1. The van der Waals surface area contributed by atoms with Gasteiger partial charge in [-0.3, -0.25) is 4.98 Å². The van der Waals surface area contributed by atoms with Gasteiger partial charge in [0.1, 0.15) is 11.2 Å². The van der Waals surface area contributed by atoms with Crippen molar-refractivity contribution in [2.45, 2.75) is 6.54 Å². The highest BCUT2D eigenvalue weighted by molar-refractivity contribution is 5.84. The Morgan fingerprint density at radius 1 is 0.960 bits per heavy atom. The maximum Gasteiger partial charge on any atom is 0.293 e. The first kappa shape index (κ1) is 12.9. The summed E-state index contributed by atoms with van der Waals surface area (Å²) >= 11 is 0. The van der Waals surface area contributed by atoms with E-state index in [1.165, 1.54) is 22.5 Å². The average Bonchev–Trinajstić information content (AvgIpc) is 3.29. The Labute approximate surface area is 143 Å². The molecular weight excluding hydrogens is 310 g/mol. The molecule has 25 heavy (non-hydrogen) atoms. The molecule has 118 valence electrons. The predicted molar refractivity (Wildman–Crippen MR) is 94.6 cm³/mol. The maximum absolute atomic E-state index is 4.58. The standard InChI is InChI=1S/C20H14N5/c1-2-5-15(6-3-1)24-18-11-16-7-4-9-22-25(16)20(18)23-13-14-12-21-10-8-17(14)19(23)24/h1-12H,13H2/q+1. The zero-order valence-corrected chi connectivity index (χ0v) is 13.4. The van der Waals surface area contributed by atoms with Gasteiger partial charge in [-0.2, -0.15) is 0 Å². The van der Waals surface area contributed by atoms with Crippen molar-refractivity contribution in [3.63, 3.8) is 0 Å². The van der Waals surface area contributed by atoms with Gasteiger partial charge in [-0.25, -0.2) is 9.13 Å². The third kappa shape index (κ3) is 1.59. The molecule has 0 radical (unpaired) electrons. The Morgan fingerprint density at radius 2 is 1.88 bits per heavy atom. The van der Waals surface area contributed by atoms with E-state index in [0.717, 1.165) is 23.4 Å². The third-order valence-corrected chi connectivity index (χ3v) is 4.95. The molecule has 1 aromatic carbocycles. The summed E-state index contributed by atoms with van der Waals surface area (Å²) in [5.41, 5.74) is 7.02. The van der Waals surface area contributed by atoms with Crippen LogP contribution in [0.25, 0.3) is 33.8 Å². The lowest BCUT2D eigenvalue weighted by Gasteiger charge is -2.03. The highest BCUT2D eigenvalue weighted by atomic mass is 15.3. The van der Waals surface area contributed by atoms with Crippen LogP contribution in [0.4, 0.5) is 0 Å². The van der Waals surface area contributed by atoms with Gasteiger partial charge in [0.05, 0.1) is 18.3 Å². The molecule has 0 bridgehead atoms. The molecule has 6 rings (SSSR count). The van der Waals surface area contributed by atoms with Crippen LogP contribution in [0.5, 0.6) is 0 Å². The first-order chi connectivity index (χ1) is 12.4. The summed E-state index contributed by atoms with van der Waals surface area (Å²) in [5.74, 6) is 1.19. The first-order valence-corrected chi connectivity index (χ1v) is 8.31. The minimum atomic E-state index is 0.817. The van der Waals surface area contributed by atoms with Crippen molar-refractivity contribution >= 4 is 16.7 Å². The fourth-order valence-electron chi connectivity index (χ4n) is 3.93. The Balaban J connectivity index is 1.83. The van der Waals surface area contributed by atoms with Crippen LogP contribution in [0.1, 0.15) is 5.56 Å². The van der Waals surface area contributed by atoms with Crippen molar-refractivity contribution in [3.8, 4) is 17.1 Å². The van der Waals surface area contributed by atoms with Crippen molar-refractivity contribution in [1.29, 1.82) is 0 Å². The molecule has 1 aliphatic heterocycles. The first-order valence-electron chi connectivity index (χ1n) is 8.31. The van der Waals surface area contributed by atoms with Crippen LogP contribution < -0.4 is 4.57 Å². The van der Waals surface area contributed by atoms with E-state index in [1.807, 2.05) is 35.2 Å². The summed E-state index contributed by atoms with van der Waals surface area (Å²) in [6.45, 7) is 0.817. The topological polar surface area (TPSA) is 39.0 Å². The van der Waals surface area contributed by atoms with E-state index >= 15 is 0 Å². The van der Waals surface area contributed by atoms with Crippen molar-refractivity contribution in [3.05, 3.63) is 78.8 Å². The quantitative estimate of drug-likeness (QED) is 0.436. The summed E-state index contributed by atoms with van der Waals surface area (Å²) in [4.78, 5) is 4.31. The second-order valence-corrected chi connectivity index (χ2v) is 6.33. The summed E-state index contributed by atoms with van der Waals surface area (Å²) in [6, 6.07) is 18.9. The zero-order chi connectivity index (χ0) is 16.4. The molecule has 0 amide bonds. The second-order valence-electron chi connectivity index (χ2n) is 6.33. The van der Waals surface area contributed by atoms with E-state index in [9.17, 15) is 0 Å². The number of rotatable bonds is 1. The fourth-order valence-corrected chi connectivity index (χ4v) is 3.93. The monoisotopic (exact) mass is 324 g/mol. The van der Waals surface area contributed by atoms with E-state index in [1.54, 1.807) is 0 Å². The van der Waals surface area contributed by atoms with Gasteiger partial charge in [0.15, 0.2) is 5.52 Å². The SMILES string of the molecule is c1ccc(-n2c3[n+](c4c2cc2cccnn24)Cc2cnccc2-3)cc1. The van der Waals surface area contributed by atoms with E-state index in [2.05, 4.69) is 61.7 Å². The van der Waals surface area contributed by atoms with Gasteiger partial charge in [-0.05, 0) is 30.3 Å². The lowest BCUT2D eigenvalue weighted by Crippen LogP contribution is -2.32. The molecular formula is C20H14N5+. The van der Waals surface area contributed by atoms with E-state index in [0.29, 0.717) is 0 Å². The number of benzene rings is 1. The van der Waals surface area contributed by atoms with Crippen molar-refractivity contribution < 1.29 is 4.57 Å². The molecule has 0 saturated carbocycles. The maximum atomic E-state index is 4.58. The molecule has 0 N–H and O–H groups in total. The molecule has 0 atom stereocenters. The van der Waals surface area contributed by atoms with E-state index in [4.69, 9.17) is 0 Å². The van der Waals surface area contributed by atoms with Gasteiger partial charge in [-0.1, -0.05) is 18.2 Å². The molecule has 1 aliphatic rings. The third-order valence-electron chi connectivity index (χ3n) is 4.95. The van der Waals surface area contributed by atoms with Crippen LogP contribution in [0, 0.1) is 0 Å². The highest BCUT2D eigenvalue weighted by Crippen LogP contribution is 2.34. The molecule has 0 spiro atoms. The number of fused-ring (bicyclic) bond motifs is 7. The van der Waals surface area contributed by atoms with Crippen LogP contribution in [0.2, 0.25) is 0 Å². The summed E-state index contributed by atoms with van der Waals surface area (Å²) in [5, 5.41) is 4.58. The molecule has 0 saturated heterocycles. The van der Waals surface area contributed by atoms with Crippen LogP contribution in [-0.4, -0.2) is 19.2 Å².